The Labute approximate surface area is 212 Å². The molecule has 1 fully saturated rings. The number of rotatable bonds is 5. The van der Waals surface area contributed by atoms with Crippen LogP contribution in [0.1, 0.15) is 83.4 Å². The van der Waals surface area contributed by atoms with Crippen LogP contribution in [0.5, 0.6) is 0 Å². The molecule has 0 spiro atoms. The Morgan fingerprint density at radius 1 is 1.03 bits per heavy atom. The average Bonchev–Trinajstić information content (AvgIpc) is 3.26. The van der Waals surface area contributed by atoms with Gasteiger partial charge in [-0.2, -0.15) is 0 Å². The predicted octanol–water partition coefficient (Wildman–Crippen LogP) is 6.31. The van der Waals surface area contributed by atoms with Gasteiger partial charge in [-0.1, -0.05) is 75.4 Å². The maximum absolute atomic E-state index is 14.1. The quantitative estimate of drug-likeness (QED) is 0.550. The van der Waals surface area contributed by atoms with Crippen molar-refractivity contribution in [1.82, 2.24) is 9.80 Å². The molecule has 2 amide bonds. The van der Waals surface area contributed by atoms with Crippen molar-refractivity contribution in [2.45, 2.75) is 95.6 Å². The molecular formula is C31H44N2O2. The first-order valence-corrected chi connectivity index (χ1v) is 13.5. The fraction of sp³-hybridized carbons (Fsp3) is 0.581. The number of urea groups is 1. The predicted molar refractivity (Wildman–Crippen MR) is 144 cm³/mol. The van der Waals surface area contributed by atoms with Gasteiger partial charge in [0.15, 0.2) is 0 Å². The molecule has 1 unspecified atom stereocenters. The molecule has 2 heterocycles. The summed E-state index contributed by atoms with van der Waals surface area (Å²) < 4.78 is 0. The number of fused-ring (bicyclic) bond motifs is 1. The summed E-state index contributed by atoms with van der Waals surface area (Å²) in [6.07, 6.45) is 5.43. The summed E-state index contributed by atoms with van der Waals surface area (Å²) in [5.74, 6) is 0. The monoisotopic (exact) mass is 476 g/mol. The van der Waals surface area contributed by atoms with Gasteiger partial charge in [-0.15, -0.1) is 0 Å². The lowest BCUT2D eigenvalue weighted by atomic mass is 9.72. The highest BCUT2D eigenvalue weighted by Crippen LogP contribution is 2.42. The van der Waals surface area contributed by atoms with Gasteiger partial charge in [-0.05, 0) is 74.5 Å². The van der Waals surface area contributed by atoms with Gasteiger partial charge >= 0.3 is 6.03 Å². The molecule has 4 rings (SSSR count). The van der Waals surface area contributed by atoms with E-state index in [0.29, 0.717) is 13.0 Å². The number of carbonyl (C=O) groups is 1. The van der Waals surface area contributed by atoms with E-state index in [1.807, 2.05) is 19.9 Å². The van der Waals surface area contributed by atoms with Crippen molar-refractivity contribution in [3.63, 3.8) is 0 Å². The maximum Gasteiger partial charge on any atom is 0.320 e. The van der Waals surface area contributed by atoms with E-state index < -0.39 is 5.60 Å². The summed E-state index contributed by atoms with van der Waals surface area (Å²) in [7, 11) is 0. The summed E-state index contributed by atoms with van der Waals surface area (Å²) in [5, 5.41) is 10.8. The summed E-state index contributed by atoms with van der Waals surface area (Å²) in [4.78, 5) is 18.4. The van der Waals surface area contributed by atoms with Gasteiger partial charge in [0.2, 0.25) is 0 Å². The van der Waals surface area contributed by atoms with Gasteiger partial charge in [0.1, 0.15) is 0 Å². The molecule has 190 valence electrons. The minimum absolute atomic E-state index is 0.0769. The van der Waals surface area contributed by atoms with Crippen LogP contribution in [0.2, 0.25) is 0 Å². The fourth-order valence-corrected chi connectivity index (χ4v) is 6.64. The van der Waals surface area contributed by atoms with Crippen molar-refractivity contribution in [3.05, 3.63) is 71.3 Å². The molecule has 2 aliphatic rings. The largest absolute Gasteiger partial charge is 0.390 e. The zero-order valence-corrected chi connectivity index (χ0v) is 22.4. The van der Waals surface area contributed by atoms with Gasteiger partial charge in [0.05, 0.1) is 5.60 Å². The lowest BCUT2D eigenvalue weighted by Crippen LogP contribution is -2.51. The van der Waals surface area contributed by atoms with Crippen molar-refractivity contribution in [2.24, 2.45) is 0 Å². The highest BCUT2D eigenvalue weighted by molar-refractivity contribution is 5.75. The highest BCUT2D eigenvalue weighted by atomic mass is 16.3. The van der Waals surface area contributed by atoms with Crippen molar-refractivity contribution < 1.29 is 9.90 Å². The Morgan fingerprint density at radius 2 is 1.71 bits per heavy atom. The van der Waals surface area contributed by atoms with Crippen LogP contribution in [-0.2, 0) is 17.3 Å². The number of likely N-dealkylation sites (tertiary alicyclic amines) is 1. The Kier molecular flexibility index (Phi) is 7.33. The SMILES string of the molecule is CC[C@H]1Cc2ccccc2[C@@](C)(CC)CCN1C(=O)N1CCC(CC(C)(C)O)(c2ccccc2)C1. The number of amides is 2. The molecule has 35 heavy (non-hydrogen) atoms. The molecule has 0 saturated carbocycles. The van der Waals surface area contributed by atoms with Crippen LogP contribution in [0, 0.1) is 0 Å². The zero-order chi connectivity index (χ0) is 25.3. The number of benzene rings is 2. The third-order valence-corrected chi connectivity index (χ3v) is 8.75. The minimum atomic E-state index is -0.798. The molecule has 4 nitrogen and oxygen atoms in total. The Morgan fingerprint density at radius 3 is 2.37 bits per heavy atom. The molecule has 2 aromatic rings. The summed E-state index contributed by atoms with van der Waals surface area (Å²) in [5.41, 5.74) is 3.14. The van der Waals surface area contributed by atoms with Gasteiger partial charge in [0.25, 0.3) is 0 Å². The van der Waals surface area contributed by atoms with Crippen LogP contribution in [0.4, 0.5) is 4.79 Å². The van der Waals surface area contributed by atoms with Crippen molar-refractivity contribution >= 4 is 6.03 Å². The van der Waals surface area contributed by atoms with E-state index in [9.17, 15) is 9.90 Å². The molecule has 3 atom stereocenters. The minimum Gasteiger partial charge on any atom is -0.390 e. The molecule has 0 aromatic heterocycles. The second-order valence-corrected chi connectivity index (χ2v) is 11.9. The van der Waals surface area contributed by atoms with E-state index in [0.717, 1.165) is 45.2 Å². The topological polar surface area (TPSA) is 43.8 Å². The van der Waals surface area contributed by atoms with E-state index >= 15 is 0 Å². The Bertz CT molecular complexity index is 1010. The van der Waals surface area contributed by atoms with Crippen molar-refractivity contribution in [3.8, 4) is 0 Å². The number of aliphatic hydroxyl groups is 1. The first-order valence-electron chi connectivity index (χ1n) is 13.5. The molecule has 2 aromatic carbocycles. The first-order chi connectivity index (χ1) is 16.6. The molecule has 4 heteroatoms. The Balaban J connectivity index is 1.62. The lowest BCUT2D eigenvalue weighted by molar-refractivity contribution is 0.0443. The normalized spacial score (nSPS) is 27.3. The van der Waals surface area contributed by atoms with Gasteiger partial charge in [-0.25, -0.2) is 4.79 Å². The van der Waals surface area contributed by atoms with Gasteiger partial charge in [-0.3, -0.25) is 0 Å². The number of carbonyl (C=O) groups excluding carboxylic acids is 1. The molecule has 0 radical (unpaired) electrons. The van der Waals surface area contributed by atoms with Crippen LogP contribution in [0.15, 0.2) is 54.6 Å². The lowest BCUT2D eigenvalue weighted by Gasteiger charge is -2.42. The zero-order valence-electron chi connectivity index (χ0n) is 22.4. The second kappa shape index (κ2) is 9.97. The van der Waals surface area contributed by atoms with Crippen LogP contribution < -0.4 is 0 Å². The van der Waals surface area contributed by atoms with Crippen LogP contribution >= 0.6 is 0 Å². The Hall–Kier alpha value is -2.33. The number of hydrogen-bond acceptors (Lipinski definition) is 2. The van der Waals surface area contributed by atoms with Crippen LogP contribution in [0.25, 0.3) is 0 Å². The third kappa shape index (κ3) is 5.28. The van der Waals surface area contributed by atoms with E-state index in [4.69, 9.17) is 0 Å². The van der Waals surface area contributed by atoms with Crippen molar-refractivity contribution in [1.29, 1.82) is 0 Å². The molecule has 1 saturated heterocycles. The third-order valence-electron chi connectivity index (χ3n) is 8.75. The van der Waals surface area contributed by atoms with E-state index in [2.05, 4.69) is 79.1 Å². The summed E-state index contributed by atoms with van der Waals surface area (Å²) in [6.45, 7) is 12.8. The van der Waals surface area contributed by atoms with Gasteiger partial charge < -0.3 is 14.9 Å². The molecule has 2 aliphatic heterocycles. The number of hydrogen-bond donors (Lipinski definition) is 1. The van der Waals surface area contributed by atoms with E-state index in [-0.39, 0.29) is 22.9 Å². The first kappa shape index (κ1) is 25.8. The highest BCUT2D eigenvalue weighted by Gasteiger charge is 2.46. The fourth-order valence-electron chi connectivity index (χ4n) is 6.64. The maximum atomic E-state index is 14.1. The van der Waals surface area contributed by atoms with E-state index in [1.165, 1.54) is 16.7 Å². The second-order valence-electron chi connectivity index (χ2n) is 11.9. The average molecular weight is 477 g/mol. The molecule has 1 N–H and O–H groups in total. The van der Waals surface area contributed by atoms with E-state index in [1.54, 1.807) is 0 Å². The standard InChI is InChI=1S/C31H44N2O2/c1-6-26-21-24-13-11-12-16-27(24)30(5,7-2)17-20-33(26)28(34)32-19-18-31(23-32,22-29(3,4)35)25-14-9-8-10-15-25/h8-16,26,35H,6-7,17-23H2,1-5H3/t26-,30-,31?/m0/s1. The summed E-state index contributed by atoms with van der Waals surface area (Å²) in [6, 6.07) is 19.7. The number of nitrogens with zero attached hydrogens (tertiary/aromatic N) is 2. The van der Waals surface area contributed by atoms with Gasteiger partial charge in [0, 0.05) is 31.1 Å². The van der Waals surface area contributed by atoms with Crippen LogP contribution in [0.3, 0.4) is 0 Å². The molecule has 0 bridgehead atoms. The molecular weight excluding hydrogens is 432 g/mol. The van der Waals surface area contributed by atoms with Crippen molar-refractivity contribution in [2.75, 3.05) is 19.6 Å². The summed E-state index contributed by atoms with van der Waals surface area (Å²) >= 11 is 0. The van der Waals surface area contributed by atoms with Crippen LogP contribution in [-0.4, -0.2) is 52.2 Å². The smallest absolute Gasteiger partial charge is 0.320 e. The molecule has 0 aliphatic carbocycles.